The summed E-state index contributed by atoms with van der Waals surface area (Å²) < 4.78 is 7.09. The Hall–Kier alpha value is -2.14. The monoisotopic (exact) mass is 328 g/mol. The molecule has 1 fully saturated rings. The van der Waals surface area contributed by atoms with Crippen LogP contribution >= 0.6 is 0 Å². The van der Waals surface area contributed by atoms with E-state index in [0.29, 0.717) is 17.9 Å². The number of nitrogens with zero attached hydrogens (tertiary/aromatic N) is 2. The van der Waals surface area contributed by atoms with Gasteiger partial charge >= 0.3 is 0 Å². The van der Waals surface area contributed by atoms with Crippen molar-refractivity contribution < 1.29 is 9.53 Å². The lowest BCUT2D eigenvalue weighted by molar-refractivity contribution is -0.131. The normalized spacial score (nSPS) is 17.5. The van der Waals surface area contributed by atoms with Gasteiger partial charge in [-0.05, 0) is 30.4 Å². The lowest BCUT2D eigenvalue weighted by Crippen LogP contribution is -2.35. The highest BCUT2D eigenvalue weighted by molar-refractivity contribution is 5.82. The van der Waals surface area contributed by atoms with Crippen molar-refractivity contribution in [2.75, 3.05) is 26.3 Å². The molecule has 5 heteroatoms. The number of hydrogen-bond acceptors (Lipinski definition) is 3. The van der Waals surface area contributed by atoms with Gasteiger partial charge in [-0.1, -0.05) is 25.1 Å². The SMILES string of the molecule is CCCOC[C@H]1CCN(C(=O)Cn2ccc3ccccc3c2=O)C1. The largest absolute Gasteiger partial charge is 0.381 e. The number of rotatable bonds is 6. The average molecular weight is 328 g/mol. The fourth-order valence-electron chi connectivity index (χ4n) is 3.19. The second-order valence-corrected chi connectivity index (χ2v) is 6.41. The van der Waals surface area contributed by atoms with Crippen LogP contribution < -0.4 is 5.56 Å². The van der Waals surface area contributed by atoms with Crippen LogP contribution in [0.4, 0.5) is 0 Å². The summed E-state index contributed by atoms with van der Waals surface area (Å²) in [5.74, 6) is 0.416. The molecule has 1 aliphatic rings. The van der Waals surface area contributed by atoms with Gasteiger partial charge in [0, 0.05) is 37.2 Å². The zero-order chi connectivity index (χ0) is 16.9. The van der Waals surface area contributed by atoms with Crippen LogP contribution in [0.15, 0.2) is 41.3 Å². The fraction of sp³-hybridized carbons (Fsp3) is 0.474. The number of ether oxygens (including phenoxy) is 1. The number of pyridine rings is 1. The lowest BCUT2D eigenvalue weighted by atomic mass is 10.1. The minimum Gasteiger partial charge on any atom is -0.381 e. The highest BCUT2D eigenvalue weighted by Crippen LogP contribution is 2.17. The van der Waals surface area contributed by atoms with Crippen molar-refractivity contribution in [1.82, 2.24) is 9.47 Å². The molecule has 1 aliphatic heterocycles. The number of carbonyl (C=O) groups excluding carboxylic acids is 1. The molecule has 3 rings (SSSR count). The molecule has 2 heterocycles. The molecule has 0 saturated carbocycles. The molecule has 0 N–H and O–H groups in total. The van der Waals surface area contributed by atoms with Crippen LogP contribution in [0.5, 0.6) is 0 Å². The van der Waals surface area contributed by atoms with Crippen LogP contribution in [0.3, 0.4) is 0 Å². The highest BCUT2D eigenvalue weighted by Gasteiger charge is 2.26. The lowest BCUT2D eigenvalue weighted by Gasteiger charge is -2.17. The topological polar surface area (TPSA) is 51.5 Å². The first-order valence-corrected chi connectivity index (χ1v) is 8.62. The van der Waals surface area contributed by atoms with Crippen molar-refractivity contribution in [3.05, 3.63) is 46.9 Å². The van der Waals surface area contributed by atoms with Crippen molar-refractivity contribution in [3.8, 4) is 0 Å². The van der Waals surface area contributed by atoms with E-state index in [4.69, 9.17) is 4.74 Å². The summed E-state index contributed by atoms with van der Waals surface area (Å²) in [4.78, 5) is 26.8. The Morgan fingerprint density at radius 3 is 2.96 bits per heavy atom. The second kappa shape index (κ2) is 7.62. The summed E-state index contributed by atoms with van der Waals surface area (Å²) in [6, 6.07) is 9.34. The summed E-state index contributed by atoms with van der Waals surface area (Å²) in [5, 5.41) is 1.56. The molecule has 0 bridgehead atoms. The third kappa shape index (κ3) is 3.67. The minimum absolute atomic E-state index is 0.00497. The van der Waals surface area contributed by atoms with Gasteiger partial charge in [0.25, 0.3) is 5.56 Å². The van der Waals surface area contributed by atoms with Gasteiger partial charge in [-0.3, -0.25) is 9.59 Å². The molecule has 0 unspecified atom stereocenters. The number of hydrogen-bond donors (Lipinski definition) is 0. The molecule has 0 radical (unpaired) electrons. The van der Waals surface area contributed by atoms with Crippen molar-refractivity contribution in [2.45, 2.75) is 26.3 Å². The van der Waals surface area contributed by atoms with Gasteiger partial charge < -0.3 is 14.2 Å². The number of amides is 1. The van der Waals surface area contributed by atoms with Crippen LogP contribution in [0.1, 0.15) is 19.8 Å². The smallest absolute Gasteiger partial charge is 0.258 e. The zero-order valence-electron chi connectivity index (χ0n) is 14.1. The van der Waals surface area contributed by atoms with E-state index < -0.39 is 0 Å². The van der Waals surface area contributed by atoms with Gasteiger partial charge in [-0.2, -0.15) is 0 Å². The highest BCUT2D eigenvalue weighted by atomic mass is 16.5. The Balaban J connectivity index is 1.63. The van der Waals surface area contributed by atoms with Gasteiger partial charge in [-0.15, -0.1) is 0 Å². The summed E-state index contributed by atoms with van der Waals surface area (Å²) >= 11 is 0. The third-order valence-electron chi connectivity index (χ3n) is 4.53. The number of benzene rings is 1. The van der Waals surface area contributed by atoms with E-state index >= 15 is 0 Å². The van der Waals surface area contributed by atoms with Gasteiger partial charge in [0.05, 0.1) is 6.61 Å². The maximum atomic E-state index is 12.5. The van der Waals surface area contributed by atoms with Gasteiger partial charge in [-0.25, -0.2) is 0 Å². The van der Waals surface area contributed by atoms with Crippen LogP contribution in [-0.4, -0.2) is 41.7 Å². The maximum absolute atomic E-state index is 12.5. The molecule has 1 amide bonds. The predicted octanol–water partition coefficient (Wildman–Crippen LogP) is 2.28. The van der Waals surface area contributed by atoms with E-state index in [2.05, 4.69) is 6.92 Å². The van der Waals surface area contributed by atoms with Crippen molar-refractivity contribution in [3.63, 3.8) is 0 Å². The molecule has 1 aromatic heterocycles. The van der Waals surface area contributed by atoms with Crippen LogP contribution in [-0.2, 0) is 16.1 Å². The molecule has 24 heavy (non-hydrogen) atoms. The number of fused-ring (bicyclic) bond motifs is 1. The molecule has 0 aliphatic carbocycles. The van der Waals surface area contributed by atoms with Gasteiger partial charge in [0.2, 0.25) is 5.91 Å². The quantitative estimate of drug-likeness (QED) is 0.765. The Morgan fingerprint density at radius 2 is 2.12 bits per heavy atom. The zero-order valence-corrected chi connectivity index (χ0v) is 14.1. The molecule has 1 aromatic carbocycles. The van der Waals surface area contributed by atoms with Crippen LogP contribution in [0, 0.1) is 5.92 Å². The number of aromatic nitrogens is 1. The Kier molecular flexibility index (Phi) is 5.30. The standard InChI is InChI=1S/C19H24N2O3/c1-2-11-24-14-15-7-9-20(12-15)18(22)13-21-10-8-16-5-3-4-6-17(16)19(21)23/h3-6,8,10,15H,2,7,9,11-14H2,1H3/t15-/m0/s1. The van der Waals surface area contributed by atoms with E-state index in [9.17, 15) is 9.59 Å². The number of carbonyl (C=O) groups is 1. The van der Waals surface area contributed by atoms with E-state index in [0.717, 1.165) is 37.9 Å². The number of likely N-dealkylation sites (tertiary alicyclic amines) is 1. The first-order chi connectivity index (χ1) is 11.7. The molecule has 1 atom stereocenters. The molecule has 128 valence electrons. The first kappa shape index (κ1) is 16.7. The summed E-state index contributed by atoms with van der Waals surface area (Å²) in [6.45, 7) is 5.16. The van der Waals surface area contributed by atoms with E-state index in [1.807, 2.05) is 29.2 Å². The van der Waals surface area contributed by atoms with Crippen molar-refractivity contribution in [2.24, 2.45) is 5.92 Å². The van der Waals surface area contributed by atoms with Crippen LogP contribution in [0.2, 0.25) is 0 Å². The average Bonchev–Trinajstić information content (AvgIpc) is 3.07. The molecular formula is C19H24N2O3. The minimum atomic E-state index is -0.108. The third-order valence-corrected chi connectivity index (χ3v) is 4.53. The van der Waals surface area contributed by atoms with Gasteiger partial charge in [0.1, 0.15) is 6.54 Å². The molecule has 2 aromatic rings. The van der Waals surface area contributed by atoms with Crippen molar-refractivity contribution in [1.29, 1.82) is 0 Å². The molecular weight excluding hydrogens is 304 g/mol. The van der Waals surface area contributed by atoms with E-state index in [-0.39, 0.29) is 18.0 Å². The second-order valence-electron chi connectivity index (χ2n) is 6.41. The van der Waals surface area contributed by atoms with Crippen LogP contribution in [0.25, 0.3) is 10.8 Å². The van der Waals surface area contributed by atoms with E-state index in [1.165, 1.54) is 4.57 Å². The van der Waals surface area contributed by atoms with E-state index in [1.54, 1.807) is 12.3 Å². The maximum Gasteiger partial charge on any atom is 0.258 e. The Bertz CT molecular complexity index is 769. The summed E-state index contributed by atoms with van der Waals surface area (Å²) in [7, 11) is 0. The Morgan fingerprint density at radius 1 is 1.29 bits per heavy atom. The molecule has 5 nitrogen and oxygen atoms in total. The van der Waals surface area contributed by atoms with Gasteiger partial charge in [0.15, 0.2) is 0 Å². The molecule has 0 spiro atoms. The summed E-state index contributed by atoms with van der Waals surface area (Å²) in [6.07, 6.45) is 3.70. The van der Waals surface area contributed by atoms with Crippen molar-refractivity contribution >= 4 is 16.7 Å². The fourth-order valence-corrected chi connectivity index (χ4v) is 3.19. The summed E-state index contributed by atoms with van der Waals surface area (Å²) in [5.41, 5.74) is -0.108. The molecule has 1 saturated heterocycles. The predicted molar refractivity (Wildman–Crippen MR) is 94.0 cm³/mol. The first-order valence-electron chi connectivity index (χ1n) is 8.62. The Labute approximate surface area is 141 Å².